The van der Waals surface area contributed by atoms with E-state index in [0.29, 0.717) is 0 Å². The summed E-state index contributed by atoms with van der Waals surface area (Å²) in [7, 11) is -3.50. The predicted octanol–water partition coefficient (Wildman–Crippen LogP) is 0.872. The highest BCUT2D eigenvalue weighted by Gasteiger charge is 2.03. The van der Waals surface area contributed by atoms with Gasteiger partial charge in [-0.25, -0.2) is 18.5 Å². The van der Waals surface area contributed by atoms with Gasteiger partial charge in [-0.3, -0.25) is 0 Å². The first kappa shape index (κ1) is 11.8. The molecule has 0 amide bonds. The summed E-state index contributed by atoms with van der Waals surface area (Å²) >= 11 is 1.35. The minimum absolute atomic E-state index is 0.148. The van der Waals surface area contributed by atoms with Crippen LogP contribution in [0.3, 0.4) is 0 Å². The normalized spacial score (nSPS) is 10.2. The first-order chi connectivity index (χ1) is 7.11. The fraction of sp³-hybridized carbons (Fsp3) is 0. The van der Waals surface area contributed by atoms with Crippen molar-refractivity contribution in [1.82, 2.24) is 9.36 Å². The van der Waals surface area contributed by atoms with Gasteiger partial charge in [0.05, 0.1) is 4.90 Å². The number of hydrogen-bond acceptors (Lipinski definition) is 5. The zero-order valence-corrected chi connectivity index (χ0v) is 9.28. The van der Waals surface area contributed by atoms with Crippen molar-refractivity contribution in [1.29, 1.82) is 0 Å². The number of sulfonamides is 1. The second kappa shape index (κ2) is 5.54. The molecule has 2 N–H and O–H groups in total. The molecule has 0 unspecified atom stereocenters. The lowest BCUT2D eigenvalue weighted by atomic mass is 10.4. The fourth-order valence-electron chi connectivity index (χ4n) is 0.746. The Morgan fingerprint density at radius 2 is 1.87 bits per heavy atom. The van der Waals surface area contributed by atoms with E-state index in [-0.39, 0.29) is 4.90 Å². The first-order valence-electron chi connectivity index (χ1n) is 3.88. The minimum Gasteiger partial charge on any atom is -0.231 e. The number of hydrogen-bond donors (Lipinski definition) is 1. The van der Waals surface area contributed by atoms with E-state index < -0.39 is 10.0 Å². The maximum atomic E-state index is 10.6. The van der Waals surface area contributed by atoms with Gasteiger partial charge >= 0.3 is 0 Å². The predicted molar refractivity (Wildman–Crippen MR) is 57.7 cm³/mol. The molecule has 2 aromatic rings. The Morgan fingerprint density at radius 3 is 2.13 bits per heavy atom. The van der Waals surface area contributed by atoms with E-state index in [1.54, 1.807) is 23.7 Å². The Hall–Kier alpha value is -1.31. The van der Waals surface area contributed by atoms with Crippen LogP contribution in [0.2, 0.25) is 0 Å². The quantitative estimate of drug-likeness (QED) is 0.805. The van der Waals surface area contributed by atoms with Gasteiger partial charge in [0.2, 0.25) is 10.0 Å². The Kier molecular flexibility index (Phi) is 4.35. The lowest BCUT2D eigenvalue weighted by Gasteiger charge is -1.93. The van der Waals surface area contributed by atoms with Gasteiger partial charge in [0.15, 0.2) is 0 Å². The van der Waals surface area contributed by atoms with E-state index in [1.807, 2.05) is 0 Å². The monoisotopic (exact) mass is 243 g/mol. The van der Waals surface area contributed by atoms with Gasteiger partial charge < -0.3 is 0 Å². The van der Waals surface area contributed by atoms with Gasteiger partial charge in [-0.2, -0.15) is 4.37 Å². The van der Waals surface area contributed by atoms with Crippen LogP contribution >= 0.6 is 11.5 Å². The Labute approximate surface area is 91.8 Å². The number of rotatable bonds is 1. The number of nitrogens with two attached hydrogens (primary N) is 1. The van der Waals surface area contributed by atoms with Crippen molar-refractivity contribution in [2.24, 2.45) is 5.14 Å². The second-order valence-electron chi connectivity index (χ2n) is 2.44. The third kappa shape index (κ3) is 4.63. The molecular weight excluding hydrogens is 234 g/mol. The molecule has 0 bridgehead atoms. The van der Waals surface area contributed by atoms with Crippen molar-refractivity contribution in [3.63, 3.8) is 0 Å². The zero-order chi connectivity index (χ0) is 11.1. The Bertz CT molecular complexity index is 451. The molecule has 7 heteroatoms. The molecule has 15 heavy (non-hydrogen) atoms. The molecule has 0 aliphatic heterocycles. The van der Waals surface area contributed by atoms with Crippen molar-refractivity contribution in [2.75, 3.05) is 0 Å². The zero-order valence-electron chi connectivity index (χ0n) is 7.65. The number of nitrogens with zero attached hydrogens (tertiary/aromatic N) is 2. The number of primary sulfonamides is 1. The van der Waals surface area contributed by atoms with Crippen LogP contribution in [0.25, 0.3) is 0 Å². The Balaban J connectivity index is 0.000000187. The van der Waals surface area contributed by atoms with Crippen molar-refractivity contribution in [3.05, 3.63) is 42.2 Å². The molecular formula is C8H9N3O2S2. The smallest absolute Gasteiger partial charge is 0.231 e. The average Bonchev–Trinajstić information content (AvgIpc) is 2.76. The lowest BCUT2D eigenvalue weighted by Crippen LogP contribution is -2.11. The topological polar surface area (TPSA) is 85.9 Å². The molecule has 5 nitrogen and oxygen atoms in total. The number of benzene rings is 1. The van der Waals surface area contributed by atoms with Crippen LogP contribution < -0.4 is 5.14 Å². The summed E-state index contributed by atoms with van der Waals surface area (Å²) in [6.07, 6.45) is 1.52. The van der Waals surface area contributed by atoms with Crippen molar-refractivity contribution in [3.8, 4) is 0 Å². The third-order valence-electron chi connectivity index (χ3n) is 1.35. The van der Waals surface area contributed by atoms with Crippen LogP contribution in [0, 0.1) is 0 Å². The minimum atomic E-state index is -3.50. The summed E-state index contributed by atoms with van der Waals surface area (Å²) in [6, 6.07) is 7.89. The summed E-state index contributed by atoms with van der Waals surface area (Å²) in [5.74, 6) is 0. The SMILES string of the molecule is NS(=O)(=O)c1ccccc1.c1ncsn1. The van der Waals surface area contributed by atoms with Crippen LogP contribution in [0.5, 0.6) is 0 Å². The summed E-state index contributed by atoms with van der Waals surface area (Å²) in [4.78, 5) is 3.78. The number of aromatic nitrogens is 2. The second-order valence-corrected chi connectivity index (χ2v) is 4.63. The van der Waals surface area contributed by atoms with E-state index >= 15 is 0 Å². The van der Waals surface area contributed by atoms with Crippen LogP contribution in [0.4, 0.5) is 0 Å². The summed E-state index contributed by atoms with van der Waals surface area (Å²) < 4.78 is 24.9. The molecule has 1 aromatic heterocycles. The molecule has 0 spiro atoms. The molecule has 1 heterocycles. The highest BCUT2D eigenvalue weighted by Crippen LogP contribution is 2.02. The van der Waals surface area contributed by atoms with Gasteiger partial charge in [-0.05, 0) is 23.7 Å². The standard InChI is InChI=1S/C6H7NO2S.C2H2N2S/c7-10(8,9)6-4-2-1-3-5-6;1-3-2-5-4-1/h1-5H,(H2,7,8,9);1-2H. The van der Waals surface area contributed by atoms with Gasteiger partial charge in [0.1, 0.15) is 11.8 Å². The fourth-order valence-corrected chi connectivity index (χ4v) is 1.55. The molecule has 0 fully saturated rings. The molecule has 0 aliphatic rings. The molecule has 0 saturated carbocycles. The third-order valence-corrected chi connectivity index (χ3v) is 2.72. The Morgan fingerprint density at radius 1 is 1.20 bits per heavy atom. The van der Waals surface area contributed by atoms with E-state index in [1.165, 1.54) is 30.0 Å². The van der Waals surface area contributed by atoms with E-state index in [0.717, 1.165) is 0 Å². The maximum Gasteiger partial charge on any atom is 0.238 e. The van der Waals surface area contributed by atoms with E-state index in [2.05, 4.69) is 9.36 Å². The molecule has 0 atom stereocenters. The summed E-state index contributed by atoms with van der Waals surface area (Å²) in [6.45, 7) is 0. The molecule has 0 saturated heterocycles. The maximum absolute atomic E-state index is 10.6. The van der Waals surface area contributed by atoms with Crippen LogP contribution in [-0.2, 0) is 10.0 Å². The van der Waals surface area contributed by atoms with E-state index in [4.69, 9.17) is 5.14 Å². The van der Waals surface area contributed by atoms with Gasteiger partial charge in [-0.1, -0.05) is 18.2 Å². The molecule has 80 valence electrons. The molecule has 0 radical (unpaired) electrons. The molecule has 2 rings (SSSR count). The van der Waals surface area contributed by atoms with Crippen molar-refractivity contribution in [2.45, 2.75) is 4.90 Å². The molecule has 0 aliphatic carbocycles. The van der Waals surface area contributed by atoms with Crippen molar-refractivity contribution < 1.29 is 8.42 Å². The summed E-state index contributed by atoms with van der Waals surface area (Å²) in [5, 5.41) is 4.83. The van der Waals surface area contributed by atoms with Gasteiger partial charge in [0.25, 0.3) is 0 Å². The van der Waals surface area contributed by atoms with Crippen LogP contribution in [0.15, 0.2) is 47.1 Å². The summed E-state index contributed by atoms with van der Waals surface area (Å²) in [5.41, 5.74) is 1.68. The first-order valence-corrected chi connectivity index (χ1v) is 6.26. The van der Waals surface area contributed by atoms with Crippen LogP contribution in [-0.4, -0.2) is 17.8 Å². The average molecular weight is 243 g/mol. The highest BCUT2D eigenvalue weighted by molar-refractivity contribution is 7.89. The van der Waals surface area contributed by atoms with Crippen LogP contribution in [0.1, 0.15) is 0 Å². The van der Waals surface area contributed by atoms with Gasteiger partial charge in [0, 0.05) is 0 Å². The lowest BCUT2D eigenvalue weighted by molar-refractivity contribution is 0.598. The molecule has 1 aromatic carbocycles. The largest absolute Gasteiger partial charge is 0.238 e. The van der Waals surface area contributed by atoms with Gasteiger partial charge in [-0.15, -0.1) is 0 Å². The van der Waals surface area contributed by atoms with Crippen molar-refractivity contribution >= 4 is 21.6 Å². The highest BCUT2D eigenvalue weighted by atomic mass is 32.2. The van der Waals surface area contributed by atoms with E-state index in [9.17, 15) is 8.42 Å².